The summed E-state index contributed by atoms with van der Waals surface area (Å²) in [5.41, 5.74) is 6.01. The largest absolute Gasteiger partial charge is 0.370 e. The fraction of sp³-hybridized carbons (Fsp3) is 0.538. The summed E-state index contributed by atoms with van der Waals surface area (Å²) in [6, 6.07) is 2.73. The quantitative estimate of drug-likeness (QED) is 0.859. The van der Waals surface area contributed by atoms with Crippen LogP contribution >= 0.6 is 0 Å². The van der Waals surface area contributed by atoms with E-state index in [0.29, 0.717) is 31.0 Å². The maximum Gasteiger partial charge on any atom is 0.149 e. The van der Waals surface area contributed by atoms with E-state index in [4.69, 9.17) is 5.73 Å². The van der Waals surface area contributed by atoms with Gasteiger partial charge in [-0.25, -0.2) is 8.78 Å². The Kier molecular flexibility index (Phi) is 4.87. The zero-order valence-corrected chi connectivity index (χ0v) is 10.6. The van der Waals surface area contributed by atoms with Crippen molar-refractivity contribution in [1.82, 2.24) is 0 Å². The molecule has 96 valence electrons. The van der Waals surface area contributed by atoms with Gasteiger partial charge in [-0.1, -0.05) is 13.8 Å². The van der Waals surface area contributed by atoms with Crippen LogP contribution in [0.3, 0.4) is 0 Å². The van der Waals surface area contributed by atoms with Crippen molar-refractivity contribution in [2.75, 3.05) is 25.0 Å². The van der Waals surface area contributed by atoms with E-state index in [1.54, 1.807) is 11.9 Å². The second-order valence-electron chi connectivity index (χ2n) is 4.72. The Morgan fingerprint density at radius 2 is 1.76 bits per heavy atom. The minimum Gasteiger partial charge on any atom is -0.370 e. The van der Waals surface area contributed by atoms with E-state index in [1.807, 2.05) is 13.8 Å². The van der Waals surface area contributed by atoms with E-state index in [9.17, 15) is 8.78 Å². The Bertz CT molecular complexity index is 355. The van der Waals surface area contributed by atoms with Gasteiger partial charge in [-0.2, -0.15) is 0 Å². The predicted molar refractivity (Wildman–Crippen MR) is 67.2 cm³/mol. The first kappa shape index (κ1) is 13.9. The molecule has 0 heterocycles. The number of hydrogen-bond donors (Lipinski definition) is 1. The highest BCUT2D eigenvalue weighted by Crippen LogP contribution is 2.24. The molecule has 2 N–H and O–H groups in total. The maximum atomic E-state index is 13.8. The molecule has 0 atom stereocenters. The van der Waals surface area contributed by atoms with Crippen LogP contribution < -0.4 is 10.6 Å². The van der Waals surface area contributed by atoms with Crippen molar-refractivity contribution < 1.29 is 8.78 Å². The number of nitrogens with two attached hydrogens (primary N) is 1. The van der Waals surface area contributed by atoms with Crippen molar-refractivity contribution in [2.24, 2.45) is 11.7 Å². The van der Waals surface area contributed by atoms with Gasteiger partial charge >= 0.3 is 0 Å². The molecule has 0 amide bonds. The highest BCUT2D eigenvalue weighted by molar-refractivity contribution is 5.50. The molecule has 2 nitrogen and oxygen atoms in total. The lowest BCUT2D eigenvalue weighted by atomic mass is 10.1. The van der Waals surface area contributed by atoms with E-state index in [2.05, 4.69) is 0 Å². The summed E-state index contributed by atoms with van der Waals surface area (Å²) < 4.78 is 27.6. The fourth-order valence-corrected chi connectivity index (χ4v) is 1.93. The molecule has 0 aliphatic heterocycles. The van der Waals surface area contributed by atoms with Crippen molar-refractivity contribution in [1.29, 1.82) is 0 Å². The summed E-state index contributed by atoms with van der Waals surface area (Å²) in [4.78, 5) is 1.61. The SMILES string of the molecule is CC(C)CN(C)c1c(F)cc(CCN)cc1F. The molecule has 0 aliphatic rings. The molecule has 0 aromatic heterocycles. The highest BCUT2D eigenvalue weighted by atomic mass is 19.1. The summed E-state index contributed by atoms with van der Waals surface area (Å²) in [5, 5.41) is 0. The summed E-state index contributed by atoms with van der Waals surface area (Å²) in [6.45, 7) is 5.02. The second kappa shape index (κ2) is 5.96. The third-order valence-electron chi connectivity index (χ3n) is 2.53. The molecule has 0 bridgehead atoms. The number of anilines is 1. The van der Waals surface area contributed by atoms with Gasteiger partial charge in [0.2, 0.25) is 0 Å². The van der Waals surface area contributed by atoms with Gasteiger partial charge in [-0.15, -0.1) is 0 Å². The number of hydrogen-bond acceptors (Lipinski definition) is 2. The Labute approximate surface area is 101 Å². The molecule has 0 fully saturated rings. The third kappa shape index (κ3) is 3.66. The summed E-state index contributed by atoms with van der Waals surface area (Å²) >= 11 is 0. The molecule has 0 saturated heterocycles. The Balaban J connectivity index is 3.00. The molecule has 0 spiro atoms. The van der Waals surface area contributed by atoms with Crippen LogP contribution in [0.2, 0.25) is 0 Å². The maximum absolute atomic E-state index is 13.8. The van der Waals surface area contributed by atoms with Crippen LogP contribution in [0.25, 0.3) is 0 Å². The van der Waals surface area contributed by atoms with E-state index >= 15 is 0 Å². The van der Waals surface area contributed by atoms with Crippen LogP contribution in [-0.2, 0) is 6.42 Å². The lowest BCUT2D eigenvalue weighted by molar-refractivity contribution is 0.558. The molecule has 17 heavy (non-hydrogen) atoms. The van der Waals surface area contributed by atoms with Crippen molar-refractivity contribution in [3.63, 3.8) is 0 Å². The van der Waals surface area contributed by atoms with Crippen LogP contribution in [0.1, 0.15) is 19.4 Å². The van der Waals surface area contributed by atoms with Gasteiger partial charge in [-0.05, 0) is 36.6 Å². The molecule has 1 aromatic carbocycles. The van der Waals surface area contributed by atoms with Crippen molar-refractivity contribution in [3.05, 3.63) is 29.3 Å². The molecule has 1 rings (SSSR count). The lowest BCUT2D eigenvalue weighted by Crippen LogP contribution is -2.24. The van der Waals surface area contributed by atoms with Crippen LogP contribution in [0, 0.1) is 17.6 Å². The van der Waals surface area contributed by atoms with Gasteiger partial charge in [0, 0.05) is 13.6 Å². The average molecular weight is 242 g/mol. The number of nitrogens with zero attached hydrogens (tertiary/aromatic N) is 1. The molecule has 0 unspecified atom stereocenters. The molecule has 4 heteroatoms. The summed E-state index contributed by atoms with van der Waals surface area (Å²) in [6.07, 6.45) is 0.488. The van der Waals surface area contributed by atoms with E-state index in [0.717, 1.165) is 0 Å². The number of rotatable bonds is 5. The van der Waals surface area contributed by atoms with E-state index < -0.39 is 11.6 Å². The average Bonchev–Trinajstić information content (AvgIpc) is 2.15. The Hall–Kier alpha value is -1.16. The van der Waals surface area contributed by atoms with Gasteiger partial charge < -0.3 is 10.6 Å². The zero-order chi connectivity index (χ0) is 13.0. The molecule has 0 aliphatic carbocycles. The van der Waals surface area contributed by atoms with Crippen molar-refractivity contribution in [2.45, 2.75) is 20.3 Å². The van der Waals surface area contributed by atoms with Gasteiger partial charge in [-0.3, -0.25) is 0 Å². The summed E-state index contributed by atoms with van der Waals surface area (Å²) in [5.74, 6) is -0.685. The van der Waals surface area contributed by atoms with Gasteiger partial charge in [0.1, 0.15) is 17.3 Å². The van der Waals surface area contributed by atoms with Crippen LogP contribution in [0.4, 0.5) is 14.5 Å². The first-order valence-electron chi connectivity index (χ1n) is 5.84. The predicted octanol–water partition coefficient (Wildman–Crippen LogP) is 2.56. The standard InChI is InChI=1S/C13H20F2N2/c1-9(2)8-17(3)13-11(14)6-10(4-5-16)7-12(13)15/h6-7,9H,4-5,8,16H2,1-3H3. The lowest BCUT2D eigenvalue weighted by Gasteiger charge is -2.23. The second-order valence-corrected chi connectivity index (χ2v) is 4.72. The zero-order valence-electron chi connectivity index (χ0n) is 10.6. The topological polar surface area (TPSA) is 29.3 Å². The van der Waals surface area contributed by atoms with Crippen LogP contribution in [-0.4, -0.2) is 20.1 Å². The molecular weight excluding hydrogens is 222 g/mol. The van der Waals surface area contributed by atoms with Crippen LogP contribution in [0.5, 0.6) is 0 Å². The minimum atomic E-state index is -0.517. The first-order valence-corrected chi connectivity index (χ1v) is 5.84. The monoisotopic (exact) mass is 242 g/mol. The van der Waals surface area contributed by atoms with Crippen molar-refractivity contribution >= 4 is 5.69 Å². The fourth-order valence-electron chi connectivity index (χ4n) is 1.93. The van der Waals surface area contributed by atoms with Crippen molar-refractivity contribution in [3.8, 4) is 0 Å². The van der Waals surface area contributed by atoms with E-state index in [1.165, 1.54) is 12.1 Å². The first-order chi connectivity index (χ1) is 7.95. The van der Waals surface area contributed by atoms with Gasteiger partial charge in [0.05, 0.1) is 0 Å². The molecule has 0 radical (unpaired) electrons. The Morgan fingerprint density at radius 1 is 1.24 bits per heavy atom. The summed E-state index contributed by atoms with van der Waals surface area (Å²) in [7, 11) is 1.70. The smallest absolute Gasteiger partial charge is 0.149 e. The number of halogens is 2. The van der Waals surface area contributed by atoms with Crippen LogP contribution in [0.15, 0.2) is 12.1 Å². The molecule has 1 aromatic rings. The van der Waals surface area contributed by atoms with E-state index in [-0.39, 0.29) is 5.69 Å². The normalized spacial score (nSPS) is 11.0. The number of benzene rings is 1. The third-order valence-corrected chi connectivity index (χ3v) is 2.53. The molecule has 0 saturated carbocycles. The Morgan fingerprint density at radius 3 is 2.18 bits per heavy atom. The minimum absolute atomic E-state index is 0.0412. The molecular formula is C13H20F2N2. The van der Waals surface area contributed by atoms with Gasteiger partial charge in [0.25, 0.3) is 0 Å². The van der Waals surface area contributed by atoms with Gasteiger partial charge in [0.15, 0.2) is 0 Å². The highest BCUT2D eigenvalue weighted by Gasteiger charge is 2.15.